The monoisotopic (exact) mass is 334 g/mol. The Bertz CT molecular complexity index is 576. The number of carboxylic acids is 1. The molecule has 7 heteroatoms. The summed E-state index contributed by atoms with van der Waals surface area (Å²) in [5, 5.41) is 11.6. The molecule has 7 nitrogen and oxygen atoms in total. The van der Waals surface area contributed by atoms with E-state index in [0.29, 0.717) is 39.0 Å². The number of hydrogen-bond donors (Lipinski definition) is 2. The molecule has 0 aromatic heterocycles. The summed E-state index contributed by atoms with van der Waals surface area (Å²) >= 11 is 0. The van der Waals surface area contributed by atoms with E-state index in [1.807, 2.05) is 30.3 Å². The number of ether oxygens (including phenoxy) is 1. The zero-order valence-corrected chi connectivity index (χ0v) is 13.4. The molecule has 24 heavy (non-hydrogen) atoms. The van der Waals surface area contributed by atoms with Crippen molar-refractivity contribution in [1.29, 1.82) is 0 Å². The summed E-state index contributed by atoms with van der Waals surface area (Å²) in [5.74, 6) is -2.11. The first-order valence-electron chi connectivity index (χ1n) is 8.05. The van der Waals surface area contributed by atoms with E-state index in [0.717, 1.165) is 5.75 Å². The summed E-state index contributed by atoms with van der Waals surface area (Å²) in [6.45, 7) is 1.28. The third-order valence-electron chi connectivity index (χ3n) is 3.87. The second kappa shape index (κ2) is 8.90. The van der Waals surface area contributed by atoms with Crippen molar-refractivity contribution in [3.8, 4) is 5.75 Å². The first-order chi connectivity index (χ1) is 11.6. The molecule has 2 amide bonds. The van der Waals surface area contributed by atoms with Gasteiger partial charge in [-0.1, -0.05) is 18.2 Å². The summed E-state index contributed by atoms with van der Waals surface area (Å²) in [6.07, 6.45) is 1.71. The third-order valence-corrected chi connectivity index (χ3v) is 3.87. The molecule has 1 heterocycles. The van der Waals surface area contributed by atoms with Gasteiger partial charge < -0.3 is 20.1 Å². The van der Waals surface area contributed by atoms with Crippen LogP contribution in [0.3, 0.4) is 0 Å². The molecular weight excluding hydrogens is 312 g/mol. The highest BCUT2D eigenvalue weighted by molar-refractivity contribution is 6.35. The second-order valence-corrected chi connectivity index (χ2v) is 5.70. The molecule has 1 atom stereocenters. The second-order valence-electron chi connectivity index (χ2n) is 5.70. The third kappa shape index (κ3) is 5.26. The summed E-state index contributed by atoms with van der Waals surface area (Å²) in [7, 11) is 0. The largest absolute Gasteiger partial charge is 0.494 e. The Morgan fingerprint density at radius 2 is 2.00 bits per heavy atom. The van der Waals surface area contributed by atoms with Crippen LogP contribution in [0, 0.1) is 5.92 Å². The fourth-order valence-corrected chi connectivity index (χ4v) is 2.56. The van der Waals surface area contributed by atoms with Gasteiger partial charge in [0.05, 0.1) is 12.5 Å². The highest BCUT2D eigenvalue weighted by atomic mass is 16.5. The van der Waals surface area contributed by atoms with Crippen molar-refractivity contribution in [3.05, 3.63) is 30.3 Å². The first kappa shape index (κ1) is 17.8. The van der Waals surface area contributed by atoms with E-state index in [4.69, 9.17) is 9.84 Å². The molecule has 1 fully saturated rings. The maximum Gasteiger partial charge on any atom is 0.311 e. The molecule has 130 valence electrons. The van der Waals surface area contributed by atoms with E-state index in [2.05, 4.69) is 5.32 Å². The normalized spacial score (nSPS) is 17.2. The number of hydrogen-bond acceptors (Lipinski definition) is 4. The number of carbonyl (C=O) groups is 3. The topological polar surface area (TPSA) is 95.9 Å². The summed E-state index contributed by atoms with van der Waals surface area (Å²) < 4.78 is 5.49. The molecule has 1 aromatic rings. The number of amides is 2. The van der Waals surface area contributed by atoms with Crippen molar-refractivity contribution in [2.45, 2.75) is 19.3 Å². The molecule has 1 aromatic carbocycles. The molecular formula is C17H22N2O5. The van der Waals surface area contributed by atoms with Crippen molar-refractivity contribution in [1.82, 2.24) is 10.2 Å². The number of para-hydroxylation sites is 1. The van der Waals surface area contributed by atoms with Crippen LogP contribution in [0.25, 0.3) is 0 Å². The zero-order chi connectivity index (χ0) is 17.4. The lowest BCUT2D eigenvalue weighted by atomic mass is 9.98. The SMILES string of the molecule is O=C(NCCCOc1ccccc1)C(=O)N1CCC[C@H](C(=O)O)C1. The minimum atomic E-state index is -0.925. The molecule has 1 saturated heterocycles. The fraction of sp³-hybridized carbons (Fsp3) is 0.471. The molecule has 0 unspecified atom stereocenters. The van der Waals surface area contributed by atoms with Gasteiger partial charge in [0.1, 0.15) is 5.75 Å². The van der Waals surface area contributed by atoms with Crippen LogP contribution in [-0.4, -0.2) is 54.0 Å². The van der Waals surface area contributed by atoms with Crippen LogP contribution in [0.4, 0.5) is 0 Å². The zero-order valence-electron chi connectivity index (χ0n) is 13.4. The van der Waals surface area contributed by atoms with Crippen LogP contribution in [0.1, 0.15) is 19.3 Å². The summed E-state index contributed by atoms with van der Waals surface area (Å²) in [4.78, 5) is 36.2. The number of carbonyl (C=O) groups excluding carboxylic acids is 2. The van der Waals surface area contributed by atoms with E-state index in [1.54, 1.807) is 0 Å². The van der Waals surface area contributed by atoms with Gasteiger partial charge in [-0.25, -0.2) is 0 Å². The van der Waals surface area contributed by atoms with Crippen molar-refractivity contribution < 1.29 is 24.2 Å². The van der Waals surface area contributed by atoms with Crippen molar-refractivity contribution in [3.63, 3.8) is 0 Å². The lowest BCUT2D eigenvalue weighted by molar-refractivity contribution is -0.150. The van der Waals surface area contributed by atoms with Gasteiger partial charge in [0, 0.05) is 19.6 Å². The Kier molecular flexibility index (Phi) is 6.60. The smallest absolute Gasteiger partial charge is 0.311 e. The summed E-state index contributed by atoms with van der Waals surface area (Å²) in [5.41, 5.74) is 0. The Morgan fingerprint density at radius 3 is 2.71 bits per heavy atom. The van der Waals surface area contributed by atoms with Gasteiger partial charge in [-0.05, 0) is 31.4 Å². The Balaban J connectivity index is 1.66. The summed E-state index contributed by atoms with van der Waals surface area (Å²) in [6, 6.07) is 9.33. The number of nitrogens with one attached hydrogen (secondary N) is 1. The maximum absolute atomic E-state index is 12.0. The van der Waals surface area contributed by atoms with Gasteiger partial charge in [0.25, 0.3) is 0 Å². The van der Waals surface area contributed by atoms with E-state index >= 15 is 0 Å². The number of nitrogens with zero attached hydrogens (tertiary/aromatic N) is 1. The molecule has 1 aliphatic heterocycles. The molecule has 0 bridgehead atoms. The average molecular weight is 334 g/mol. The highest BCUT2D eigenvalue weighted by Gasteiger charge is 2.30. The molecule has 2 N–H and O–H groups in total. The van der Waals surface area contributed by atoms with Crippen LogP contribution >= 0.6 is 0 Å². The van der Waals surface area contributed by atoms with E-state index in [9.17, 15) is 14.4 Å². The van der Waals surface area contributed by atoms with Crippen LogP contribution in [0.2, 0.25) is 0 Å². The fourth-order valence-electron chi connectivity index (χ4n) is 2.56. The highest BCUT2D eigenvalue weighted by Crippen LogP contribution is 2.16. The Labute approximate surface area is 140 Å². The lowest BCUT2D eigenvalue weighted by Gasteiger charge is -2.30. The average Bonchev–Trinajstić information content (AvgIpc) is 2.61. The van der Waals surface area contributed by atoms with Gasteiger partial charge in [0.15, 0.2) is 0 Å². The Hall–Kier alpha value is -2.57. The number of rotatable bonds is 6. The predicted molar refractivity (Wildman–Crippen MR) is 86.5 cm³/mol. The quantitative estimate of drug-likeness (QED) is 0.595. The van der Waals surface area contributed by atoms with Crippen molar-refractivity contribution in [2.75, 3.05) is 26.2 Å². The minimum absolute atomic E-state index is 0.0959. The number of benzene rings is 1. The Morgan fingerprint density at radius 1 is 1.25 bits per heavy atom. The number of likely N-dealkylation sites (tertiary alicyclic amines) is 1. The first-order valence-corrected chi connectivity index (χ1v) is 8.05. The van der Waals surface area contributed by atoms with Gasteiger partial charge in [-0.2, -0.15) is 0 Å². The number of piperidine rings is 1. The van der Waals surface area contributed by atoms with Gasteiger partial charge in [-0.3, -0.25) is 14.4 Å². The molecule has 1 aliphatic rings. The molecule has 0 spiro atoms. The predicted octanol–water partition coefficient (Wildman–Crippen LogP) is 0.895. The number of aliphatic carboxylic acids is 1. The molecule has 0 aliphatic carbocycles. The van der Waals surface area contributed by atoms with Gasteiger partial charge in [0.2, 0.25) is 0 Å². The van der Waals surface area contributed by atoms with Crippen LogP contribution in [-0.2, 0) is 14.4 Å². The minimum Gasteiger partial charge on any atom is -0.494 e. The van der Waals surface area contributed by atoms with Gasteiger partial charge in [-0.15, -0.1) is 0 Å². The lowest BCUT2D eigenvalue weighted by Crippen LogP contribution is -2.48. The van der Waals surface area contributed by atoms with E-state index in [1.165, 1.54) is 4.90 Å². The van der Waals surface area contributed by atoms with E-state index < -0.39 is 23.7 Å². The molecule has 2 rings (SSSR count). The standard InChI is InChI=1S/C17H22N2O5/c20-15(16(21)19-10-4-6-13(12-19)17(22)23)18-9-5-11-24-14-7-2-1-3-8-14/h1-3,7-8,13H,4-6,9-12H2,(H,18,20)(H,22,23)/t13-/m0/s1. The number of carboxylic acid groups (broad SMARTS) is 1. The van der Waals surface area contributed by atoms with Crippen LogP contribution < -0.4 is 10.1 Å². The van der Waals surface area contributed by atoms with Crippen molar-refractivity contribution >= 4 is 17.8 Å². The van der Waals surface area contributed by atoms with Crippen LogP contribution in [0.5, 0.6) is 5.75 Å². The molecule has 0 radical (unpaired) electrons. The van der Waals surface area contributed by atoms with Crippen molar-refractivity contribution in [2.24, 2.45) is 5.92 Å². The van der Waals surface area contributed by atoms with Crippen LogP contribution in [0.15, 0.2) is 30.3 Å². The maximum atomic E-state index is 12.0. The molecule has 0 saturated carbocycles. The van der Waals surface area contributed by atoms with Gasteiger partial charge >= 0.3 is 17.8 Å². The van der Waals surface area contributed by atoms with E-state index in [-0.39, 0.29) is 6.54 Å².